The second-order valence-electron chi connectivity index (χ2n) is 9.95. The van der Waals surface area contributed by atoms with Gasteiger partial charge in [0.25, 0.3) is 0 Å². The summed E-state index contributed by atoms with van der Waals surface area (Å²) in [5.41, 5.74) is 7.83. The summed E-state index contributed by atoms with van der Waals surface area (Å²) in [5.74, 6) is 0. The lowest BCUT2D eigenvalue weighted by atomic mass is 9.97. The number of aryl methyl sites for hydroxylation is 1. The molecule has 0 spiro atoms. The number of nitrogens with one attached hydrogen (secondary N) is 1. The number of hydrogen-bond acceptors (Lipinski definition) is 4. The van der Waals surface area contributed by atoms with Gasteiger partial charge in [0, 0.05) is 60.8 Å². The van der Waals surface area contributed by atoms with E-state index in [-0.39, 0.29) is 11.7 Å². The van der Waals surface area contributed by atoms with E-state index in [1.807, 2.05) is 60.9 Å². The molecule has 5 rings (SSSR count). The van der Waals surface area contributed by atoms with Crippen LogP contribution in [-0.4, -0.2) is 32.5 Å². The van der Waals surface area contributed by atoms with Gasteiger partial charge in [-0.1, -0.05) is 66.7 Å². The van der Waals surface area contributed by atoms with Crippen LogP contribution in [0.2, 0.25) is 0 Å². The highest BCUT2D eigenvalue weighted by Crippen LogP contribution is 2.31. The zero-order valence-electron chi connectivity index (χ0n) is 22.0. The fourth-order valence-electron chi connectivity index (χ4n) is 5.42. The first-order chi connectivity index (χ1) is 18.6. The molecule has 192 valence electrons. The molecule has 0 atom stereocenters. The first-order valence-corrected chi connectivity index (χ1v) is 13.3. The molecule has 1 saturated heterocycles. The van der Waals surface area contributed by atoms with Crippen molar-refractivity contribution in [1.29, 1.82) is 5.26 Å². The van der Waals surface area contributed by atoms with Crippen molar-refractivity contribution in [2.75, 3.05) is 13.1 Å². The van der Waals surface area contributed by atoms with Crippen LogP contribution in [0.3, 0.4) is 0 Å². The number of benzene rings is 2. The Morgan fingerprint density at radius 3 is 2.50 bits per heavy atom. The summed E-state index contributed by atoms with van der Waals surface area (Å²) in [7, 11) is 0. The zero-order chi connectivity index (χ0) is 26.5. The van der Waals surface area contributed by atoms with Crippen LogP contribution in [0.1, 0.15) is 48.3 Å². The van der Waals surface area contributed by atoms with Gasteiger partial charge >= 0.3 is 5.69 Å². The smallest absolute Gasteiger partial charge is 0.310 e. The van der Waals surface area contributed by atoms with Gasteiger partial charge in [0.15, 0.2) is 0 Å². The van der Waals surface area contributed by atoms with E-state index < -0.39 is 0 Å². The Bertz CT molecular complexity index is 1520. The molecule has 1 aliphatic heterocycles. The third-order valence-corrected chi connectivity index (χ3v) is 7.44. The molecule has 1 fully saturated rings. The van der Waals surface area contributed by atoms with Gasteiger partial charge in [-0.2, -0.15) is 5.26 Å². The van der Waals surface area contributed by atoms with Crippen molar-refractivity contribution in [3.8, 4) is 28.5 Å². The van der Waals surface area contributed by atoms with Gasteiger partial charge in [0.2, 0.25) is 0 Å². The summed E-state index contributed by atoms with van der Waals surface area (Å²) < 4.78 is 2.00. The van der Waals surface area contributed by atoms with E-state index >= 15 is 0 Å². The predicted octanol–water partition coefficient (Wildman–Crippen LogP) is 6.04. The Morgan fingerprint density at radius 2 is 1.82 bits per heavy atom. The molecule has 0 amide bonds. The van der Waals surface area contributed by atoms with Gasteiger partial charge in [-0.25, -0.2) is 4.79 Å². The maximum Gasteiger partial charge on any atom is 0.326 e. The molecule has 3 heterocycles. The summed E-state index contributed by atoms with van der Waals surface area (Å²) in [4.78, 5) is 22.8. The zero-order valence-corrected chi connectivity index (χ0v) is 22.0. The molecule has 4 aromatic rings. The van der Waals surface area contributed by atoms with Gasteiger partial charge in [-0.3, -0.25) is 14.5 Å². The SMILES string of the molecule is C/C=C\Cc1c(C)[nH]c(=O)n1C1CCN(Cc2ccc(-c3ncc(C#N)cc3-c3ccccc3)cc2)CC1. The number of rotatable bonds is 7. The third kappa shape index (κ3) is 5.39. The van der Waals surface area contributed by atoms with Crippen molar-refractivity contribution in [3.63, 3.8) is 0 Å². The number of nitrogens with zero attached hydrogens (tertiary/aromatic N) is 4. The van der Waals surface area contributed by atoms with E-state index in [0.29, 0.717) is 5.56 Å². The predicted molar refractivity (Wildman–Crippen MR) is 152 cm³/mol. The Balaban J connectivity index is 1.28. The van der Waals surface area contributed by atoms with Crippen LogP contribution in [0.5, 0.6) is 0 Å². The summed E-state index contributed by atoms with van der Waals surface area (Å²) in [6.07, 6.45) is 8.51. The summed E-state index contributed by atoms with van der Waals surface area (Å²) in [6.45, 7) is 6.80. The lowest BCUT2D eigenvalue weighted by molar-refractivity contribution is 0.177. The lowest BCUT2D eigenvalue weighted by Crippen LogP contribution is -2.37. The summed E-state index contributed by atoms with van der Waals surface area (Å²) in [6, 6.07) is 23.0. The van der Waals surface area contributed by atoms with Gasteiger partial charge in [-0.15, -0.1) is 0 Å². The molecule has 1 N–H and O–H groups in total. The monoisotopic (exact) mass is 503 g/mol. The second-order valence-corrected chi connectivity index (χ2v) is 9.95. The fourth-order valence-corrected chi connectivity index (χ4v) is 5.42. The van der Waals surface area contributed by atoms with Gasteiger partial charge in [0.1, 0.15) is 6.07 Å². The molecule has 0 radical (unpaired) electrons. The number of hydrogen-bond donors (Lipinski definition) is 1. The third-order valence-electron chi connectivity index (χ3n) is 7.44. The van der Waals surface area contributed by atoms with Crippen molar-refractivity contribution < 1.29 is 0 Å². The molecule has 0 saturated carbocycles. The van der Waals surface area contributed by atoms with Crippen LogP contribution in [0.4, 0.5) is 0 Å². The van der Waals surface area contributed by atoms with Crippen LogP contribution in [0, 0.1) is 18.3 Å². The second kappa shape index (κ2) is 11.5. The summed E-state index contributed by atoms with van der Waals surface area (Å²) in [5, 5.41) is 9.39. The number of imidazole rings is 1. The van der Waals surface area contributed by atoms with E-state index in [9.17, 15) is 10.1 Å². The lowest BCUT2D eigenvalue weighted by Gasteiger charge is -2.33. The van der Waals surface area contributed by atoms with Gasteiger partial charge in [-0.05, 0) is 43.9 Å². The average molecular weight is 504 g/mol. The standard InChI is InChI=1S/C32H33N5O/c1-3-4-10-30-23(2)35-32(38)37(30)28-15-17-36(18-16-28)22-24-11-13-27(14-12-24)31-29(19-25(20-33)21-34-31)26-8-6-5-7-9-26/h3-9,11-14,19,21,28H,10,15-18,22H2,1-2H3,(H,35,38)/b4-3-. The number of H-pyrrole nitrogens is 1. The number of nitriles is 1. The minimum absolute atomic E-state index is 0.0160. The van der Waals surface area contributed by atoms with Gasteiger partial charge < -0.3 is 4.98 Å². The van der Waals surface area contributed by atoms with Crippen molar-refractivity contribution in [1.82, 2.24) is 19.4 Å². The Hall–Kier alpha value is -4.21. The van der Waals surface area contributed by atoms with E-state index in [4.69, 9.17) is 0 Å². The maximum atomic E-state index is 12.6. The summed E-state index contributed by atoms with van der Waals surface area (Å²) >= 11 is 0. The van der Waals surface area contributed by atoms with E-state index in [1.54, 1.807) is 6.20 Å². The molecule has 6 nitrogen and oxygen atoms in total. The number of likely N-dealkylation sites (tertiary alicyclic amines) is 1. The highest BCUT2D eigenvalue weighted by atomic mass is 16.1. The van der Waals surface area contributed by atoms with E-state index in [2.05, 4.69) is 51.3 Å². The minimum atomic E-state index is 0.0160. The van der Waals surface area contributed by atoms with Crippen molar-refractivity contribution >= 4 is 0 Å². The molecule has 0 unspecified atom stereocenters. The first kappa shape index (κ1) is 25.4. The van der Waals surface area contributed by atoms with Crippen molar-refractivity contribution in [2.24, 2.45) is 0 Å². The maximum absolute atomic E-state index is 12.6. The number of aromatic nitrogens is 3. The van der Waals surface area contributed by atoms with Crippen LogP contribution in [-0.2, 0) is 13.0 Å². The van der Waals surface area contributed by atoms with E-state index in [1.165, 1.54) is 5.56 Å². The molecule has 38 heavy (non-hydrogen) atoms. The topological polar surface area (TPSA) is 77.7 Å². The largest absolute Gasteiger partial charge is 0.326 e. The van der Waals surface area contributed by atoms with Gasteiger partial charge in [0.05, 0.1) is 11.3 Å². The van der Waals surface area contributed by atoms with Crippen LogP contribution in [0.15, 0.2) is 83.8 Å². The van der Waals surface area contributed by atoms with Crippen molar-refractivity contribution in [2.45, 2.75) is 45.7 Å². The molecular formula is C32H33N5O. The Labute approximate surface area is 223 Å². The molecule has 2 aromatic carbocycles. The molecular weight excluding hydrogens is 470 g/mol. The van der Waals surface area contributed by atoms with Crippen molar-refractivity contribution in [3.05, 3.63) is 112 Å². The van der Waals surface area contributed by atoms with Crippen LogP contribution >= 0.6 is 0 Å². The number of piperidine rings is 1. The molecule has 2 aromatic heterocycles. The Kier molecular flexibility index (Phi) is 7.67. The molecule has 0 bridgehead atoms. The highest BCUT2D eigenvalue weighted by Gasteiger charge is 2.24. The highest BCUT2D eigenvalue weighted by molar-refractivity contribution is 5.81. The number of pyridine rings is 1. The number of allylic oxidation sites excluding steroid dienone is 2. The fraction of sp³-hybridized carbons (Fsp3) is 0.281. The molecule has 1 aliphatic rings. The first-order valence-electron chi connectivity index (χ1n) is 13.3. The van der Waals surface area contributed by atoms with Crippen LogP contribution in [0.25, 0.3) is 22.4 Å². The quantitative estimate of drug-likeness (QED) is 0.312. The minimum Gasteiger partial charge on any atom is -0.310 e. The van der Waals surface area contributed by atoms with Crippen LogP contribution < -0.4 is 5.69 Å². The molecule has 6 heteroatoms. The molecule has 0 aliphatic carbocycles. The average Bonchev–Trinajstić information content (AvgIpc) is 3.25. The van der Waals surface area contributed by atoms with E-state index in [0.717, 1.165) is 72.7 Å². The Morgan fingerprint density at radius 1 is 1.08 bits per heavy atom. The number of aromatic amines is 1. The normalized spacial score (nSPS) is 14.7.